The number of nitrogens with one attached hydrogen (secondary N) is 1. The molecule has 3 atom stereocenters. The van der Waals surface area contributed by atoms with Gasteiger partial charge in [0.05, 0.1) is 16.9 Å². The maximum Gasteiger partial charge on any atom is 0.269 e. The van der Waals surface area contributed by atoms with Crippen molar-refractivity contribution in [2.45, 2.75) is 38.3 Å². The van der Waals surface area contributed by atoms with E-state index >= 15 is 0 Å². The normalized spacial score (nSPS) is 23.8. The second kappa shape index (κ2) is 5.81. The van der Waals surface area contributed by atoms with Gasteiger partial charge in [0.1, 0.15) is 0 Å². The summed E-state index contributed by atoms with van der Waals surface area (Å²) in [5, 5.41) is 23.2. The molecule has 5 heteroatoms. The molecule has 1 N–H and O–H groups in total. The summed E-state index contributed by atoms with van der Waals surface area (Å²) in [4.78, 5) is 10.4. The number of rotatable bonds is 4. The molecular weight excluding hydrogens is 242 g/mol. The third-order valence-corrected chi connectivity index (χ3v) is 3.73. The molecule has 19 heavy (non-hydrogen) atoms. The molecule has 0 radical (unpaired) electrons. The molecule has 100 valence electrons. The van der Waals surface area contributed by atoms with E-state index in [0.29, 0.717) is 0 Å². The summed E-state index contributed by atoms with van der Waals surface area (Å²) in [7, 11) is 0. The Morgan fingerprint density at radius 1 is 1.53 bits per heavy atom. The van der Waals surface area contributed by atoms with Crippen molar-refractivity contribution in [2.24, 2.45) is 5.92 Å². The van der Waals surface area contributed by atoms with E-state index in [1.54, 1.807) is 12.1 Å². The molecule has 1 aromatic rings. The highest BCUT2D eigenvalue weighted by Crippen LogP contribution is 2.28. The van der Waals surface area contributed by atoms with Crippen LogP contribution in [0.1, 0.15) is 37.8 Å². The smallest absolute Gasteiger partial charge is 0.269 e. The summed E-state index contributed by atoms with van der Waals surface area (Å²) in [6.07, 6.45) is 3.00. The Morgan fingerprint density at radius 2 is 2.32 bits per heavy atom. The van der Waals surface area contributed by atoms with E-state index in [1.165, 1.54) is 6.07 Å². The van der Waals surface area contributed by atoms with Gasteiger partial charge in [0.2, 0.25) is 0 Å². The van der Waals surface area contributed by atoms with Crippen molar-refractivity contribution in [3.63, 3.8) is 0 Å². The van der Waals surface area contributed by atoms with E-state index in [1.807, 2.05) is 13.0 Å². The van der Waals surface area contributed by atoms with Gasteiger partial charge in [0.15, 0.2) is 0 Å². The van der Waals surface area contributed by atoms with E-state index in [4.69, 9.17) is 5.26 Å². The molecule has 2 rings (SSSR count). The first kappa shape index (κ1) is 13.5. The van der Waals surface area contributed by atoms with Gasteiger partial charge in [-0.25, -0.2) is 0 Å². The molecule has 1 saturated carbocycles. The number of nitro benzene ring substituents is 1. The zero-order valence-corrected chi connectivity index (χ0v) is 10.9. The van der Waals surface area contributed by atoms with E-state index in [2.05, 4.69) is 11.4 Å². The number of non-ortho nitro benzene ring substituents is 1. The third-order valence-electron chi connectivity index (χ3n) is 3.73. The van der Waals surface area contributed by atoms with Crippen molar-refractivity contribution in [1.29, 1.82) is 5.26 Å². The molecule has 1 aromatic carbocycles. The zero-order chi connectivity index (χ0) is 13.8. The zero-order valence-electron chi connectivity index (χ0n) is 10.9. The topological polar surface area (TPSA) is 79.0 Å². The lowest BCUT2D eigenvalue weighted by molar-refractivity contribution is -0.384. The lowest BCUT2D eigenvalue weighted by Crippen LogP contribution is -2.33. The first-order valence-corrected chi connectivity index (χ1v) is 6.52. The highest BCUT2D eigenvalue weighted by atomic mass is 16.6. The minimum Gasteiger partial charge on any atom is -0.306 e. The molecule has 0 amide bonds. The fourth-order valence-electron chi connectivity index (χ4n) is 2.64. The van der Waals surface area contributed by atoms with Crippen LogP contribution >= 0.6 is 0 Å². The summed E-state index contributed by atoms with van der Waals surface area (Å²) in [6.45, 7) is 1.98. The maximum atomic E-state index is 10.8. The van der Waals surface area contributed by atoms with Crippen LogP contribution in [0.3, 0.4) is 0 Å². The molecule has 0 spiro atoms. The van der Waals surface area contributed by atoms with E-state index in [-0.39, 0.29) is 28.6 Å². The molecule has 3 unspecified atom stereocenters. The molecular formula is C14H17N3O2. The summed E-state index contributed by atoms with van der Waals surface area (Å²) in [5.74, 6) is 0.0566. The van der Waals surface area contributed by atoms with Crippen LogP contribution in [0.4, 0.5) is 5.69 Å². The van der Waals surface area contributed by atoms with Crippen LogP contribution in [0.25, 0.3) is 0 Å². The quantitative estimate of drug-likeness (QED) is 0.666. The first-order valence-electron chi connectivity index (χ1n) is 6.52. The lowest BCUT2D eigenvalue weighted by atomic mass is 10.0. The number of benzene rings is 1. The number of hydrogen-bond acceptors (Lipinski definition) is 4. The summed E-state index contributed by atoms with van der Waals surface area (Å²) < 4.78 is 0. The summed E-state index contributed by atoms with van der Waals surface area (Å²) in [6, 6.07) is 9.19. The molecule has 1 aliphatic carbocycles. The van der Waals surface area contributed by atoms with Gasteiger partial charge in [-0.15, -0.1) is 0 Å². The average Bonchev–Trinajstić information content (AvgIpc) is 2.86. The summed E-state index contributed by atoms with van der Waals surface area (Å²) in [5.41, 5.74) is 0.993. The van der Waals surface area contributed by atoms with Crippen molar-refractivity contribution in [2.75, 3.05) is 0 Å². The predicted octanol–water partition coefficient (Wildman–Crippen LogP) is 2.94. The molecule has 1 aliphatic rings. The fraction of sp³-hybridized carbons (Fsp3) is 0.500. The standard InChI is InChI=1S/C14H17N3O2/c1-10(16-14-7-3-5-12(14)9-15)11-4-2-6-13(8-11)17(18)19/h2,4,6,8,10,12,14,16H,3,5,7H2,1H3. The van der Waals surface area contributed by atoms with Gasteiger partial charge in [-0.3, -0.25) is 10.1 Å². The van der Waals surface area contributed by atoms with E-state index in [9.17, 15) is 10.1 Å². The van der Waals surface area contributed by atoms with Crippen LogP contribution in [0.2, 0.25) is 0 Å². The Balaban J connectivity index is 2.07. The Kier molecular flexibility index (Phi) is 4.13. The Labute approximate surface area is 112 Å². The molecule has 0 aromatic heterocycles. The van der Waals surface area contributed by atoms with Crippen LogP contribution in [0.15, 0.2) is 24.3 Å². The monoisotopic (exact) mass is 259 g/mol. The molecule has 0 aliphatic heterocycles. The molecule has 5 nitrogen and oxygen atoms in total. The first-order chi connectivity index (χ1) is 9.11. The minimum atomic E-state index is -0.385. The van der Waals surface area contributed by atoms with Gasteiger partial charge >= 0.3 is 0 Å². The van der Waals surface area contributed by atoms with Crippen molar-refractivity contribution < 1.29 is 4.92 Å². The van der Waals surface area contributed by atoms with Crippen molar-refractivity contribution in [1.82, 2.24) is 5.32 Å². The molecule has 1 fully saturated rings. The van der Waals surface area contributed by atoms with Crippen LogP contribution in [0.5, 0.6) is 0 Å². The minimum absolute atomic E-state index is 0.0128. The Morgan fingerprint density at radius 3 is 3.00 bits per heavy atom. The van der Waals surface area contributed by atoms with E-state index in [0.717, 1.165) is 24.8 Å². The number of hydrogen-bond donors (Lipinski definition) is 1. The van der Waals surface area contributed by atoms with E-state index < -0.39 is 0 Å². The SMILES string of the molecule is CC(NC1CCCC1C#N)c1cccc([N+](=O)[O-])c1. The second-order valence-corrected chi connectivity index (χ2v) is 5.01. The fourth-order valence-corrected chi connectivity index (χ4v) is 2.64. The van der Waals surface area contributed by atoms with Gasteiger partial charge < -0.3 is 5.32 Å². The third kappa shape index (κ3) is 3.09. The maximum absolute atomic E-state index is 10.8. The number of nitro groups is 1. The highest BCUT2D eigenvalue weighted by Gasteiger charge is 2.28. The Bertz CT molecular complexity index is 510. The van der Waals surface area contributed by atoms with Crippen LogP contribution in [-0.4, -0.2) is 11.0 Å². The van der Waals surface area contributed by atoms with Gasteiger partial charge in [-0.05, 0) is 25.3 Å². The second-order valence-electron chi connectivity index (χ2n) is 5.01. The van der Waals surface area contributed by atoms with Crippen LogP contribution in [-0.2, 0) is 0 Å². The van der Waals surface area contributed by atoms with Crippen molar-refractivity contribution >= 4 is 5.69 Å². The lowest BCUT2D eigenvalue weighted by Gasteiger charge is -2.21. The largest absolute Gasteiger partial charge is 0.306 e. The van der Waals surface area contributed by atoms with Gasteiger partial charge in [0.25, 0.3) is 5.69 Å². The molecule has 0 saturated heterocycles. The Hall–Kier alpha value is -1.93. The number of nitriles is 1. The van der Waals surface area contributed by atoms with Crippen LogP contribution < -0.4 is 5.32 Å². The van der Waals surface area contributed by atoms with Crippen molar-refractivity contribution in [3.05, 3.63) is 39.9 Å². The van der Waals surface area contributed by atoms with Crippen LogP contribution in [0, 0.1) is 27.4 Å². The molecule has 0 bridgehead atoms. The summed E-state index contributed by atoms with van der Waals surface area (Å²) >= 11 is 0. The van der Waals surface area contributed by atoms with Gasteiger partial charge in [-0.1, -0.05) is 18.6 Å². The average molecular weight is 259 g/mol. The van der Waals surface area contributed by atoms with Crippen molar-refractivity contribution in [3.8, 4) is 6.07 Å². The van der Waals surface area contributed by atoms with Gasteiger partial charge in [0, 0.05) is 24.2 Å². The van der Waals surface area contributed by atoms with Gasteiger partial charge in [-0.2, -0.15) is 5.26 Å². The highest BCUT2D eigenvalue weighted by molar-refractivity contribution is 5.35. The predicted molar refractivity (Wildman–Crippen MR) is 71.4 cm³/mol. The molecule has 0 heterocycles. The number of nitrogens with zero attached hydrogens (tertiary/aromatic N) is 2.